The summed E-state index contributed by atoms with van der Waals surface area (Å²) in [5.74, 6) is 0.288. The lowest BCUT2D eigenvalue weighted by atomic mass is 10.1. The number of amides is 1. The summed E-state index contributed by atoms with van der Waals surface area (Å²) in [5.41, 5.74) is 2.35. The number of rotatable bonds is 4. The Morgan fingerprint density at radius 3 is 2.67 bits per heavy atom. The van der Waals surface area contributed by atoms with E-state index in [4.69, 9.17) is 0 Å². The van der Waals surface area contributed by atoms with Crippen LogP contribution >= 0.6 is 0 Å². The molecule has 0 atom stereocenters. The summed E-state index contributed by atoms with van der Waals surface area (Å²) >= 11 is 0. The molecule has 0 saturated carbocycles. The van der Waals surface area contributed by atoms with Crippen molar-refractivity contribution in [3.05, 3.63) is 29.8 Å². The lowest BCUT2D eigenvalue weighted by Gasteiger charge is -2.26. The Hall–Kier alpha value is -1.51. The Balaban J connectivity index is 1.75. The van der Waals surface area contributed by atoms with Crippen molar-refractivity contribution in [2.75, 3.05) is 25.0 Å². The monoisotopic (exact) mass is 246 g/mol. The van der Waals surface area contributed by atoms with E-state index in [1.165, 1.54) is 12.0 Å². The van der Waals surface area contributed by atoms with E-state index in [-0.39, 0.29) is 5.91 Å². The number of anilines is 1. The van der Waals surface area contributed by atoms with Gasteiger partial charge in [0, 0.05) is 31.7 Å². The van der Waals surface area contributed by atoms with Crippen molar-refractivity contribution in [2.24, 2.45) is 0 Å². The van der Waals surface area contributed by atoms with Crippen molar-refractivity contribution in [1.82, 2.24) is 4.90 Å². The molecule has 3 heteroatoms. The third-order valence-electron chi connectivity index (χ3n) is 3.51. The molecule has 1 amide bonds. The van der Waals surface area contributed by atoms with Gasteiger partial charge in [-0.1, -0.05) is 18.2 Å². The topological polar surface area (TPSA) is 32.3 Å². The Bertz CT molecular complexity index is 397. The highest BCUT2D eigenvalue weighted by atomic mass is 16.2. The maximum atomic E-state index is 12.0. The van der Waals surface area contributed by atoms with E-state index >= 15 is 0 Å². The van der Waals surface area contributed by atoms with Gasteiger partial charge in [0.05, 0.1) is 0 Å². The number of nitrogens with one attached hydrogen (secondary N) is 1. The number of carbonyl (C=O) groups excluding carboxylic acids is 1. The van der Waals surface area contributed by atoms with Crippen molar-refractivity contribution >= 4 is 11.6 Å². The van der Waals surface area contributed by atoms with Gasteiger partial charge in [0.2, 0.25) is 5.91 Å². The highest BCUT2D eigenvalue weighted by Gasteiger charge is 2.15. The molecule has 0 unspecified atom stereocenters. The molecule has 18 heavy (non-hydrogen) atoms. The summed E-state index contributed by atoms with van der Waals surface area (Å²) in [6.07, 6.45) is 4.19. The van der Waals surface area contributed by atoms with Crippen LogP contribution in [0.25, 0.3) is 0 Å². The SMILES string of the molecule is Cc1ccccc1NCCC(=O)N1CCCCC1. The van der Waals surface area contributed by atoms with Crippen molar-refractivity contribution in [3.8, 4) is 0 Å². The number of hydrogen-bond acceptors (Lipinski definition) is 2. The molecule has 1 aliphatic rings. The third-order valence-corrected chi connectivity index (χ3v) is 3.51. The molecule has 1 aromatic carbocycles. The maximum Gasteiger partial charge on any atom is 0.224 e. The number of nitrogens with zero attached hydrogens (tertiary/aromatic N) is 1. The second-order valence-electron chi connectivity index (χ2n) is 4.93. The smallest absolute Gasteiger partial charge is 0.224 e. The molecule has 0 bridgehead atoms. The maximum absolute atomic E-state index is 12.0. The van der Waals surface area contributed by atoms with Gasteiger partial charge >= 0.3 is 0 Å². The Labute approximate surface area is 109 Å². The second-order valence-corrected chi connectivity index (χ2v) is 4.93. The van der Waals surface area contributed by atoms with Crippen molar-refractivity contribution < 1.29 is 4.79 Å². The number of likely N-dealkylation sites (tertiary alicyclic amines) is 1. The minimum Gasteiger partial charge on any atom is -0.384 e. The zero-order chi connectivity index (χ0) is 12.8. The fourth-order valence-corrected chi connectivity index (χ4v) is 2.38. The molecule has 0 radical (unpaired) electrons. The van der Waals surface area contributed by atoms with Gasteiger partial charge in [-0.05, 0) is 37.8 Å². The average molecular weight is 246 g/mol. The lowest BCUT2D eigenvalue weighted by Crippen LogP contribution is -2.36. The zero-order valence-electron chi connectivity index (χ0n) is 11.1. The number of hydrogen-bond donors (Lipinski definition) is 1. The summed E-state index contributed by atoms with van der Waals surface area (Å²) in [4.78, 5) is 14.0. The van der Waals surface area contributed by atoms with Crippen LogP contribution in [-0.2, 0) is 4.79 Å². The second kappa shape index (κ2) is 6.43. The fourth-order valence-electron chi connectivity index (χ4n) is 2.38. The van der Waals surface area contributed by atoms with Gasteiger partial charge in [-0.15, -0.1) is 0 Å². The van der Waals surface area contributed by atoms with E-state index in [2.05, 4.69) is 24.4 Å². The average Bonchev–Trinajstić information content (AvgIpc) is 2.42. The fraction of sp³-hybridized carbons (Fsp3) is 0.533. The van der Waals surface area contributed by atoms with Crippen LogP contribution in [0.2, 0.25) is 0 Å². The molecule has 0 aliphatic carbocycles. The molecule has 2 rings (SSSR count). The predicted octanol–water partition coefficient (Wildman–Crippen LogP) is 2.81. The Morgan fingerprint density at radius 2 is 1.94 bits per heavy atom. The first-order chi connectivity index (χ1) is 8.77. The van der Waals surface area contributed by atoms with E-state index in [1.54, 1.807) is 0 Å². The Kier molecular flexibility index (Phi) is 4.62. The first-order valence-corrected chi connectivity index (χ1v) is 6.84. The van der Waals surface area contributed by atoms with E-state index in [1.807, 2.05) is 17.0 Å². The number of piperidine rings is 1. The minimum atomic E-state index is 0.288. The van der Waals surface area contributed by atoms with Gasteiger partial charge in [-0.2, -0.15) is 0 Å². The van der Waals surface area contributed by atoms with Crippen LogP contribution in [0, 0.1) is 6.92 Å². The number of para-hydroxylation sites is 1. The molecule has 1 fully saturated rings. The number of carbonyl (C=O) groups is 1. The van der Waals surface area contributed by atoms with Gasteiger partial charge in [-0.25, -0.2) is 0 Å². The lowest BCUT2D eigenvalue weighted by molar-refractivity contribution is -0.131. The highest BCUT2D eigenvalue weighted by molar-refractivity contribution is 5.76. The quantitative estimate of drug-likeness (QED) is 0.886. The first-order valence-electron chi connectivity index (χ1n) is 6.84. The summed E-state index contributed by atoms with van der Waals surface area (Å²) in [6, 6.07) is 8.18. The van der Waals surface area contributed by atoms with E-state index in [0.717, 1.165) is 38.2 Å². The molecule has 0 spiro atoms. The van der Waals surface area contributed by atoms with E-state index in [0.29, 0.717) is 6.42 Å². The van der Waals surface area contributed by atoms with Crippen LogP contribution < -0.4 is 5.32 Å². The van der Waals surface area contributed by atoms with Crippen LogP contribution in [0.5, 0.6) is 0 Å². The molecule has 0 aromatic heterocycles. The minimum absolute atomic E-state index is 0.288. The van der Waals surface area contributed by atoms with Gasteiger partial charge in [0.15, 0.2) is 0 Å². The van der Waals surface area contributed by atoms with Crippen molar-refractivity contribution in [2.45, 2.75) is 32.6 Å². The summed E-state index contributed by atoms with van der Waals surface area (Å²) < 4.78 is 0. The van der Waals surface area contributed by atoms with Crippen LogP contribution in [0.4, 0.5) is 5.69 Å². The molecule has 1 aromatic rings. The first kappa shape index (κ1) is 12.9. The molecule has 1 aliphatic heterocycles. The standard InChI is InChI=1S/C15H22N2O/c1-13-7-3-4-8-14(13)16-10-9-15(18)17-11-5-2-6-12-17/h3-4,7-8,16H,2,5-6,9-12H2,1H3. The molecule has 98 valence electrons. The van der Waals surface area contributed by atoms with Crippen molar-refractivity contribution in [1.29, 1.82) is 0 Å². The molecular weight excluding hydrogens is 224 g/mol. The molecule has 1 N–H and O–H groups in total. The summed E-state index contributed by atoms with van der Waals surface area (Å²) in [6.45, 7) is 4.70. The molecule has 1 saturated heterocycles. The van der Waals surface area contributed by atoms with Crippen LogP contribution in [0.15, 0.2) is 24.3 Å². The van der Waals surface area contributed by atoms with Crippen LogP contribution in [0.3, 0.4) is 0 Å². The summed E-state index contributed by atoms with van der Waals surface area (Å²) in [5, 5.41) is 3.34. The largest absolute Gasteiger partial charge is 0.384 e. The zero-order valence-corrected chi connectivity index (χ0v) is 11.1. The normalized spacial score (nSPS) is 15.5. The van der Waals surface area contributed by atoms with Gasteiger partial charge in [0.25, 0.3) is 0 Å². The predicted molar refractivity (Wildman–Crippen MR) is 74.7 cm³/mol. The number of aryl methyl sites for hydroxylation is 1. The molecule has 1 heterocycles. The van der Waals surface area contributed by atoms with Crippen LogP contribution in [0.1, 0.15) is 31.2 Å². The molecular formula is C15H22N2O. The van der Waals surface area contributed by atoms with Crippen LogP contribution in [-0.4, -0.2) is 30.4 Å². The Morgan fingerprint density at radius 1 is 1.22 bits per heavy atom. The van der Waals surface area contributed by atoms with E-state index < -0.39 is 0 Å². The summed E-state index contributed by atoms with van der Waals surface area (Å²) in [7, 11) is 0. The van der Waals surface area contributed by atoms with Gasteiger partial charge < -0.3 is 10.2 Å². The number of benzene rings is 1. The highest BCUT2D eigenvalue weighted by Crippen LogP contribution is 2.13. The van der Waals surface area contributed by atoms with E-state index in [9.17, 15) is 4.79 Å². The van der Waals surface area contributed by atoms with Crippen molar-refractivity contribution in [3.63, 3.8) is 0 Å². The van der Waals surface area contributed by atoms with Gasteiger partial charge in [0.1, 0.15) is 0 Å². The molecule has 3 nitrogen and oxygen atoms in total. The third kappa shape index (κ3) is 3.49. The van der Waals surface area contributed by atoms with Gasteiger partial charge in [-0.3, -0.25) is 4.79 Å².